The van der Waals surface area contributed by atoms with Crippen LogP contribution in [0.5, 0.6) is 0 Å². The van der Waals surface area contributed by atoms with E-state index in [4.69, 9.17) is 5.73 Å². The Morgan fingerprint density at radius 2 is 1.65 bits per heavy atom. The second-order valence-corrected chi connectivity index (χ2v) is 7.85. The topological polar surface area (TPSA) is 63.4 Å². The van der Waals surface area contributed by atoms with Crippen LogP contribution in [-0.2, 0) is 0 Å². The number of hydrogen-bond acceptors (Lipinski definition) is 3. The molecule has 26 heavy (non-hydrogen) atoms. The summed E-state index contributed by atoms with van der Waals surface area (Å²) in [6, 6.07) is 14.6. The largest absolute Gasteiger partial charge is 0.338 e. The number of aryl methyl sites for hydroxylation is 1. The van der Waals surface area contributed by atoms with Crippen molar-refractivity contribution in [1.29, 1.82) is 0 Å². The molecule has 1 saturated heterocycles. The van der Waals surface area contributed by atoms with Crippen molar-refractivity contribution in [2.75, 3.05) is 13.1 Å². The van der Waals surface area contributed by atoms with Crippen molar-refractivity contribution in [3.8, 4) is 0 Å². The lowest BCUT2D eigenvalue weighted by atomic mass is 9.79. The summed E-state index contributed by atoms with van der Waals surface area (Å²) in [5, 5.41) is 0. The third-order valence-electron chi connectivity index (χ3n) is 5.32. The highest BCUT2D eigenvalue weighted by atomic mass is 16.2. The van der Waals surface area contributed by atoms with Gasteiger partial charge in [-0.3, -0.25) is 9.59 Å². The molecule has 2 aromatic rings. The Labute approximate surface area is 155 Å². The molecule has 2 aromatic carbocycles. The molecule has 136 valence electrons. The van der Waals surface area contributed by atoms with E-state index in [0.717, 1.165) is 12.0 Å². The van der Waals surface area contributed by atoms with Crippen LogP contribution in [0.15, 0.2) is 48.5 Å². The number of nitrogens with two attached hydrogens (primary N) is 1. The molecule has 0 saturated carbocycles. The molecular formula is C22H26N2O2. The summed E-state index contributed by atoms with van der Waals surface area (Å²) in [6.45, 7) is 7.37. The number of nitrogens with zero attached hydrogens (tertiary/aromatic N) is 1. The monoisotopic (exact) mass is 350 g/mol. The average Bonchev–Trinajstić information content (AvgIpc) is 2.63. The molecule has 1 aliphatic heterocycles. The number of likely N-dealkylation sites (tertiary alicyclic amines) is 1. The summed E-state index contributed by atoms with van der Waals surface area (Å²) in [5.41, 5.74) is 8.66. The van der Waals surface area contributed by atoms with Gasteiger partial charge in [-0.1, -0.05) is 61.9 Å². The van der Waals surface area contributed by atoms with Gasteiger partial charge in [-0.2, -0.15) is 0 Å². The van der Waals surface area contributed by atoms with Crippen molar-refractivity contribution >= 4 is 11.7 Å². The van der Waals surface area contributed by atoms with Gasteiger partial charge in [0.25, 0.3) is 5.91 Å². The zero-order valence-electron chi connectivity index (χ0n) is 15.7. The molecule has 0 spiro atoms. The van der Waals surface area contributed by atoms with E-state index in [2.05, 4.69) is 13.8 Å². The number of rotatable bonds is 3. The number of benzene rings is 2. The first-order chi connectivity index (χ1) is 12.3. The van der Waals surface area contributed by atoms with Gasteiger partial charge in [-0.25, -0.2) is 0 Å². The van der Waals surface area contributed by atoms with Crippen LogP contribution < -0.4 is 5.73 Å². The number of amides is 1. The molecule has 0 radical (unpaired) electrons. The van der Waals surface area contributed by atoms with Crippen molar-refractivity contribution in [1.82, 2.24) is 4.90 Å². The molecule has 4 nitrogen and oxygen atoms in total. The van der Waals surface area contributed by atoms with E-state index in [1.165, 1.54) is 0 Å². The summed E-state index contributed by atoms with van der Waals surface area (Å²) in [6.07, 6.45) is 0.771. The second kappa shape index (κ2) is 7.04. The van der Waals surface area contributed by atoms with Crippen molar-refractivity contribution in [2.45, 2.75) is 33.2 Å². The fourth-order valence-electron chi connectivity index (χ4n) is 3.45. The molecule has 3 rings (SSSR count). The van der Waals surface area contributed by atoms with Gasteiger partial charge in [0.05, 0.1) is 5.56 Å². The fourth-order valence-corrected chi connectivity index (χ4v) is 3.45. The van der Waals surface area contributed by atoms with Crippen molar-refractivity contribution < 1.29 is 9.59 Å². The third kappa shape index (κ3) is 3.56. The highest BCUT2D eigenvalue weighted by Crippen LogP contribution is 2.29. The van der Waals surface area contributed by atoms with Crippen LogP contribution in [0, 0.1) is 12.3 Å². The van der Waals surface area contributed by atoms with Crippen molar-refractivity contribution in [3.63, 3.8) is 0 Å². The molecule has 1 fully saturated rings. The van der Waals surface area contributed by atoms with Crippen molar-refractivity contribution in [3.05, 3.63) is 70.8 Å². The zero-order valence-corrected chi connectivity index (χ0v) is 15.7. The predicted octanol–water partition coefficient (Wildman–Crippen LogP) is 3.43. The number of carbonyl (C=O) groups excluding carboxylic acids is 2. The van der Waals surface area contributed by atoms with Gasteiger partial charge < -0.3 is 10.6 Å². The van der Waals surface area contributed by atoms with E-state index in [1.54, 1.807) is 24.3 Å². The van der Waals surface area contributed by atoms with Crippen LogP contribution in [-0.4, -0.2) is 35.7 Å². The van der Waals surface area contributed by atoms with Crippen LogP contribution in [0.4, 0.5) is 0 Å². The van der Waals surface area contributed by atoms with Gasteiger partial charge >= 0.3 is 0 Å². The van der Waals surface area contributed by atoms with Crippen LogP contribution >= 0.6 is 0 Å². The van der Waals surface area contributed by atoms with Gasteiger partial charge in [0.15, 0.2) is 5.78 Å². The Hall–Kier alpha value is -2.46. The van der Waals surface area contributed by atoms with E-state index < -0.39 is 0 Å². The molecule has 1 unspecified atom stereocenters. The first-order valence-electron chi connectivity index (χ1n) is 9.05. The van der Waals surface area contributed by atoms with E-state index in [-0.39, 0.29) is 23.1 Å². The minimum Gasteiger partial charge on any atom is -0.338 e. The van der Waals surface area contributed by atoms with Crippen LogP contribution in [0.1, 0.15) is 52.1 Å². The molecule has 4 heteroatoms. The number of piperidine rings is 1. The maximum absolute atomic E-state index is 13.1. The van der Waals surface area contributed by atoms with Gasteiger partial charge in [0, 0.05) is 30.3 Å². The molecule has 1 amide bonds. The lowest BCUT2D eigenvalue weighted by Crippen LogP contribution is -2.54. The first-order valence-corrected chi connectivity index (χ1v) is 9.05. The van der Waals surface area contributed by atoms with Gasteiger partial charge in [0.1, 0.15) is 0 Å². The van der Waals surface area contributed by atoms with E-state index in [1.807, 2.05) is 36.1 Å². The van der Waals surface area contributed by atoms with Crippen LogP contribution in [0.2, 0.25) is 0 Å². The predicted molar refractivity (Wildman–Crippen MR) is 103 cm³/mol. The summed E-state index contributed by atoms with van der Waals surface area (Å²) in [5.74, 6) is -0.219. The number of carbonyl (C=O) groups is 2. The fraction of sp³-hybridized carbons (Fsp3) is 0.364. The van der Waals surface area contributed by atoms with E-state index in [0.29, 0.717) is 29.8 Å². The SMILES string of the molecule is Cc1ccc(C(=O)c2ccccc2C(=O)N2CCC(N)C(C)(C)C2)cc1. The minimum absolute atomic E-state index is 0.0796. The molecule has 2 N–H and O–H groups in total. The van der Waals surface area contributed by atoms with E-state index >= 15 is 0 Å². The zero-order chi connectivity index (χ0) is 18.9. The highest BCUT2D eigenvalue weighted by molar-refractivity contribution is 6.15. The molecule has 0 bridgehead atoms. The molecule has 0 aliphatic carbocycles. The maximum Gasteiger partial charge on any atom is 0.254 e. The van der Waals surface area contributed by atoms with Crippen molar-refractivity contribution in [2.24, 2.45) is 11.1 Å². The van der Waals surface area contributed by atoms with Gasteiger partial charge in [0.2, 0.25) is 0 Å². The lowest BCUT2D eigenvalue weighted by Gasteiger charge is -2.42. The van der Waals surface area contributed by atoms with E-state index in [9.17, 15) is 9.59 Å². The highest BCUT2D eigenvalue weighted by Gasteiger charge is 2.36. The maximum atomic E-state index is 13.1. The Bertz CT molecular complexity index is 824. The minimum atomic E-state index is -0.135. The quantitative estimate of drug-likeness (QED) is 0.863. The smallest absolute Gasteiger partial charge is 0.254 e. The molecule has 1 atom stereocenters. The Morgan fingerprint density at radius 3 is 2.27 bits per heavy atom. The first kappa shape index (κ1) is 18.3. The molecule has 1 heterocycles. The molecule has 1 aliphatic rings. The normalized spacial score (nSPS) is 19.2. The summed E-state index contributed by atoms with van der Waals surface area (Å²) >= 11 is 0. The second-order valence-electron chi connectivity index (χ2n) is 7.85. The van der Waals surface area contributed by atoms with Crippen LogP contribution in [0.25, 0.3) is 0 Å². The summed E-state index contributed by atoms with van der Waals surface area (Å²) in [7, 11) is 0. The molecule has 0 aromatic heterocycles. The number of ketones is 1. The molecular weight excluding hydrogens is 324 g/mol. The van der Waals surface area contributed by atoms with Gasteiger partial charge in [-0.05, 0) is 24.8 Å². The Balaban J connectivity index is 1.91. The summed E-state index contributed by atoms with van der Waals surface area (Å²) in [4.78, 5) is 27.9. The van der Waals surface area contributed by atoms with Crippen LogP contribution in [0.3, 0.4) is 0 Å². The lowest BCUT2D eigenvalue weighted by molar-refractivity contribution is 0.0531. The Morgan fingerprint density at radius 1 is 1.04 bits per heavy atom. The third-order valence-corrected chi connectivity index (χ3v) is 5.32. The Kier molecular flexibility index (Phi) is 4.97. The van der Waals surface area contributed by atoms with Gasteiger partial charge in [-0.15, -0.1) is 0 Å². The average molecular weight is 350 g/mol. The number of hydrogen-bond donors (Lipinski definition) is 1. The standard InChI is InChI=1S/C22H26N2O2/c1-15-8-10-16(11-9-15)20(25)17-6-4-5-7-18(17)21(26)24-13-12-19(23)22(2,3)14-24/h4-11,19H,12-14,23H2,1-3H3. The summed E-state index contributed by atoms with van der Waals surface area (Å²) < 4.78 is 0.